The Kier molecular flexibility index (Phi) is 64.4. The van der Waals surface area contributed by atoms with Crippen LogP contribution in [0.2, 0.25) is 0 Å². The molecule has 0 aromatic rings. The van der Waals surface area contributed by atoms with Crippen molar-refractivity contribution in [3.63, 3.8) is 0 Å². The molecule has 86 heavy (non-hydrogen) atoms. The average molecular weight is 1220 g/mol. The Bertz CT molecular complexity index is 1730. The van der Waals surface area contributed by atoms with Gasteiger partial charge in [0.15, 0.2) is 6.10 Å². The Labute approximate surface area is 532 Å². The van der Waals surface area contributed by atoms with Gasteiger partial charge in [0.1, 0.15) is 19.8 Å². The molecule has 0 amide bonds. The third-order valence-corrected chi connectivity index (χ3v) is 16.9. The van der Waals surface area contributed by atoms with E-state index in [2.05, 4.69) is 98.9 Å². The summed E-state index contributed by atoms with van der Waals surface area (Å²) in [7, 11) is 1.16. The average Bonchev–Trinajstić information content (AvgIpc) is 3.70. The van der Waals surface area contributed by atoms with Crippen LogP contribution in [0.25, 0.3) is 0 Å². The Morgan fingerprint density at radius 2 is 0.663 bits per heavy atom. The van der Waals surface area contributed by atoms with Crippen molar-refractivity contribution in [2.24, 2.45) is 0 Å². The van der Waals surface area contributed by atoms with Crippen molar-refractivity contribution < 1.29 is 42.1 Å². The topological polar surface area (TPSA) is 111 Å². The number of unbranched alkanes of at least 4 members (excludes halogenated alkanes) is 39. The van der Waals surface area contributed by atoms with Crippen LogP contribution in [0.5, 0.6) is 0 Å². The summed E-state index contributed by atoms with van der Waals surface area (Å²) in [5.41, 5.74) is 0. The molecule has 0 aliphatic heterocycles. The largest absolute Gasteiger partial charge is 0.756 e. The maximum atomic E-state index is 12.9. The van der Waals surface area contributed by atoms with Crippen LogP contribution in [0.4, 0.5) is 0 Å². The monoisotopic (exact) mass is 1220 g/mol. The standard InChI is InChI=1S/C76H138NO8P/c1-6-8-10-12-14-16-18-20-22-24-26-28-30-32-33-34-35-36-37-38-39-40-41-42-43-45-46-48-50-52-54-56-58-60-62-64-66-68-75(78)82-72-74(73-84-86(80,81)83-71-70-77(3,4)5)85-76(79)69-67-65-63-61-59-57-55-53-51-49-47-44-31-29-27-25-23-21-19-17-15-13-11-9-7-2/h9,11,15,17,21,23-24,26-27,29,44,47,51,53,74H,6-8,10,12-14,16,18-20,22,25,28,30-43,45-46,48-50,52,54-73H2,1-5H3/b11-9-,17-15-,23-21-,26-24-,29-27-,47-44-,53-51-. The lowest BCUT2D eigenvalue weighted by molar-refractivity contribution is -0.870. The molecule has 0 aromatic heterocycles. The van der Waals surface area contributed by atoms with Gasteiger partial charge in [0.2, 0.25) is 0 Å². The minimum Gasteiger partial charge on any atom is -0.756 e. The number of carbonyl (C=O) groups is 2. The van der Waals surface area contributed by atoms with Crippen molar-refractivity contribution in [2.45, 2.75) is 341 Å². The first kappa shape index (κ1) is 83.2. The normalized spacial score (nSPS) is 13.6. The third kappa shape index (κ3) is 70.3. The lowest BCUT2D eigenvalue weighted by Crippen LogP contribution is -2.37. The van der Waals surface area contributed by atoms with Crippen LogP contribution < -0.4 is 4.89 Å². The van der Waals surface area contributed by atoms with Crippen LogP contribution in [0.3, 0.4) is 0 Å². The van der Waals surface area contributed by atoms with Crippen LogP contribution in [-0.2, 0) is 32.7 Å². The number of phosphoric ester groups is 1. The second-order valence-corrected chi connectivity index (χ2v) is 27.0. The second-order valence-electron chi connectivity index (χ2n) is 25.6. The van der Waals surface area contributed by atoms with E-state index in [1.807, 2.05) is 21.1 Å². The lowest BCUT2D eigenvalue weighted by atomic mass is 10.0. The fourth-order valence-electron chi connectivity index (χ4n) is 10.4. The number of quaternary nitrogens is 1. The molecule has 9 nitrogen and oxygen atoms in total. The smallest absolute Gasteiger partial charge is 0.306 e. The molecule has 0 spiro atoms. The Morgan fingerprint density at radius 3 is 1.00 bits per heavy atom. The van der Waals surface area contributed by atoms with Crippen LogP contribution in [0.1, 0.15) is 335 Å². The summed E-state index contributed by atoms with van der Waals surface area (Å²) < 4.78 is 34.3. The number of esters is 2. The van der Waals surface area contributed by atoms with Crippen molar-refractivity contribution in [1.82, 2.24) is 0 Å². The summed E-state index contributed by atoms with van der Waals surface area (Å²) in [6.07, 6.45) is 91.2. The number of carbonyl (C=O) groups excluding carboxylic acids is 2. The minimum atomic E-state index is -4.65. The molecule has 0 aliphatic carbocycles. The highest BCUT2D eigenvalue weighted by molar-refractivity contribution is 7.45. The van der Waals surface area contributed by atoms with Crippen LogP contribution >= 0.6 is 7.82 Å². The molecule has 10 heteroatoms. The molecular weight excluding hydrogens is 1090 g/mol. The summed E-state index contributed by atoms with van der Waals surface area (Å²) in [4.78, 5) is 38.1. The quantitative estimate of drug-likeness (QED) is 0.0195. The molecule has 0 rings (SSSR count). The molecule has 0 radical (unpaired) electrons. The zero-order chi connectivity index (χ0) is 62.6. The number of hydrogen-bond acceptors (Lipinski definition) is 8. The first-order valence-corrected chi connectivity index (χ1v) is 37.8. The van der Waals surface area contributed by atoms with Crippen LogP contribution in [-0.4, -0.2) is 70.0 Å². The van der Waals surface area contributed by atoms with Crippen LogP contribution in [0.15, 0.2) is 85.1 Å². The number of rotatable bonds is 67. The molecule has 0 bridgehead atoms. The molecule has 2 atom stereocenters. The number of allylic oxidation sites excluding steroid dienone is 14. The summed E-state index contributed by atoms with van der Waals surface area (Å²) in [5, 5.41) is 0. The molecule has 0 fully saturated rings. The molecule has 0 aliphatic rings. The fraction of sp³-hybridized carbons (Fsp3) is 0.789. The summed E-state index contributed by atoms with van der Waals surface area (Å²) in [6.45, 7) is 4.14. The number of ether oxygens (including phenoxy) is 2. The summed E-state index contributed by atoms with van der Waals surface area (Å²) >= 11 is 0. The van der Waals surface area contributed by atoms with Crippen molar-refractivity contribution in [2.75, 3.05) is 47.5 Å². The zero-order valence-electron chi connectivity index (χ0n) is 57.0. The van der Waals surface area contributed by atoms with Gasteiger partial charge in [-0.1, -0.05) is 317 Å². The lowest BCUT2D eigenvalue weighted by Gasteiger charge is -2.28. The van der Waals surface area contributed by atoms with Gasteiger partial charge >= 0.3 is 11.9 Å². The van der Waals surface area contributed by atoms with Crippen molar-refractivity contribution in [3.05, 3.63) is 85.1 Å². The molecule has 500 valence electrons. The Morgan fingerprint density at radius 1 is 0.372 bits per heavy atom. The molecule has 0 N–H and O–H groups in total. The second kappa shape index (κ2) is 66.6. The van der Waals surface area contributed by atoms with Gasteiger partial charge in [-0.3, -0.25) is 14.2 Å². The van der Waals surface area contributed by atoms with E-state index >= 15 is 0 Å². The number of hydrogen-bond donors (Lipinski definition) is 0. The predicted molar refractivity (Wildman–Crippen MR) is 369 cm³/mol. The van der Waals surface area contributed by atoms with Gasteiger partial charge in [-0.2, -0.15) is 0 Å². The predicted octanol–water partition coefficient (Wildman–Crippen LogP) is 23.1. The molecule has 0 saturated heterocycles. The number of nitrogens with zero attached hydrogens (tertiary/aromatic N) is 1. The van der Waals surface area contributed by atoms with Gasteiger partial charge in [-0.05, 0) is 89.9 Å². The molecule has 2 unspecified atom stereocenters. The number of phosphoric acid groups is 1. The van der Waals surface area contributed by atoms with Crippen molar-refractivity contribution in [3.8, 4) is 0 Å². The fourth-order valence-corrected chi connectivity index (χ4v) is 11.1. The first-order valence-electron chi connectivity index (χ1n) is 36.3. The van der Waals surface area contributed by atoms with E-state index in [0.717, 1.165) is 96.3 Å². The van der Waals surface area contributed by atoms with Gasteiger partial charge in [0, 0.05) is 12.8 Å². The maximum Gasteiger partial charge on any atom is 0.306 e. The van der Waals surface area contributed by atoms with Crippen LogP contribution in [0, 0.1) is 0 Å². The SMILES string of the molecule is CC/C=C\C/C=C\C/C=C\C/C=C\C/C=C\C/C=C\CCCCCCCCC(=O)OC(COC(=O)CCCCCCCCCCCCCCCCCCCCCCCCCCC/C=C\CCCCCCCCCC)COP(=O)([O-])OCC[N+](C)(C)C. The number of likely N-dealkylation sites (N-methyl/N-ethyl adjacent to an activating group) is 1. The highest BCUT2D eigenvalue weighted by atomic mass is 31.2. The molecular formula is C76H138NO8P. The van der Waals surface area contributed by atoms with E-state index in [1.165, 1.54) is 205 Å². The van der Waals surface area contributed by atoms with E-state index in [0.29, 0.717) is 17.4 Å². The van der Waals surface area contributed by atoms with Gasteiger partial charge < -0.3 is 27.9 Å². The van der Waals surface area contributed by atoms with Crippen molar-refractivity contribution in [1.29, 1.82) is 0 Å². The Hall–Kier alpha value is -2.81. The van der Waals surface area contributed by atoms with Gasteiger partial charge in [-0.15, -0.1) is 0 Å². The van der Waals surface area contributed by atoms with Gasteiger partial charge in [0.05, 0.1) is 27.7 Å². The first-order chi connectivity index (χ1) is 42.0. The highest BCUT2D eigenvalue weighted by Crippen LogP contribution is 2.38. The summed E-state index contributed by atoms with van der Waals surface area (Å²) in [6, 6.07) is 0. The zero-order valence-corrected chi connectivity index (χ0v) is 57.9. The van der Waals surface area contributed by atoms with E-state index in [-0.39, 0.29) is 32.0 Å². The maximum absolute atomic E-state index is 12.9. The third-order valence-electron chi connectivity index (χ3n) is 15.9. The molecule has 0 heterocycles. The molecule has 0 saturated carbocycles. The minimum absolute atomic E-state index is 0.0364. The van der Waals surface area contributed by atoms with E-state index in [4.69, 9.17) is 18.5 Å². The van der Waals surface area contributed by atoms with Gasteiger partial charge in [0.25, 0.3) is 7.82 Å². The van der Waals surface area contributed by atoms with E-state index < -0.39 is 26.5 Å². The highest BCUT2D eigenvalue weighted by Gasteiger charge is 2.22. The van der Waals surface area contributed by atoms with Gasteiger partial charge in [-0.25, -0.2) is 0 Å². The Balaban J connectivity index is 3.98. The van der Waals surface area contributed by atoms with Crippen molar-refractivity contribution >= 4 is 19.8 Å². The summed E-state index contributed by atoms with van der Waals surface area (Å²) in [5.74, 6) is -0.841. The van der Waals surface area contributed by atoms with E-state index in [9.17, 15) is 19.0 Å². The molecule has 0 aromatic carbocycles. The van der Waals surface area contributed by atoms with E-state index in [1.54, 1.807) is 0 Å².